The molecule has 2 heterocycles. The molecule has 2 aromatic heterocycles. The van der Waals surface area contributed by atoms with Crippen LogP contribution in [0.5, 0.6) is 0 Å². The minimum absolute atomic E-state index is 0. The van der Waals surface area contributed by atoms with Gasteiger partial charge in [-0.2, -0.15) is 0 Å². The van der Waals surface area contributed by atoms with E-state index in [2.05, 4.69) is 72.0 Å². The molecule has 0 N–H and O–H groups in total. The first-order valence-corrected chi connectivity index (χ1v) is 6.65. The summed E-state index contributed by atoms with van der Waals surface area (Å²) in [5.74, 6) is 0. The van der Waals surface area contributed by atoms with Crippen molar-refractivity contribution in [3.8, 4) is 0 Å². The van der Waals surface area contributed by atoms with Crippen LogP contribution in [0, 0.1) is 13.8 Å². The third-order valence-electron chi connectivity index (χ3n) is 3.20. The first-order chi connectivity index (χ1) is 8.74. The highest BCUT2D eigenvalue weighted by atomic mass is 79.9. The molecule has 102 valence electrons. The molecule has 0 radical (unpaired) electrons. The molecule has 0 amide bonds. The molecule has 0 bridgehead atoms. The van der Waals surface area contributed by atoms with Crippen molar-refractivity contribution >= 4 is 0 Å². The summed E-state index contributed by atoms with van der Waals surface area (Å²) in [5.41, 5.74) is 2.64. The Bertz CT molecular complexity index is 430. The molecule has 0 saturated heterocycles. The van der Waals surface area contributed by atoms with Crippen LogP contribution in [0.2, 0.25) is 0 Å². The molecular formula is C16H22BrN2+. The van der Waals surface area contributed by atoms with Crippen LogP contribution in [0.3, 0.4) is 0 Å². The van der Waals surface area contributed by atoms with Crippen LogP contribution in [0.25, 0.3) is 0 Å². The third kappa shape index (κ3) is 5.52. The predicted molar refractivity (Wildman–Crippen MR) is 72.0 cm³/mol. The number of nitrogens with zero attached hydrogens (tertiary/aromatic N) is 2. The van der Waals surface area contributed by atoms with Gasteiger partial charge in [0.1, 0.15) is 13.1 Å². The quantitative estimate of drug-likeness (QED) is 0.511. The van der Waals surface area contributed by atoms with Crippen LogP contribution in [0.1, 0.15) is 24.0 Å². The lowest BCUT2D eigenvalue weighted by atomic mass is 10.2. The summed E-state index contributed by atoms with van der Waals surface area (Å²) >= 11 is 0. The third-order valence-corrected chi connectivity index (χ3v) is 3.20. The van der Waals surface area contributed by atoms with Gasteiger partial charge in [0.05, 0.1) is 0 Å². The average molecular weight is 322 g/mol. The Morgan fingerprint density at radius 1 is 0.684 bits per heavy atom. The van der Waals surface area contributed by atoms with Gasteiger partial charge in [-0.3, -0.25) is 0 Å². The number of halogens is 1. The normalized spacial score (nSPS) is 10.0. The van der Waals surface area contributed by atoms with Gasteiger partial charge >= 0.3 is 0 Å². The molecule has 0 unspecified atom stereocenters. The molecule has 2 rings (SSSR count). The summed E-state index contributed by atoms with van der Waals surface area (Å²) in [4.78, 5) is 0. The van der Waals surface area contributed by atoms with E-state index >= 15 is 0 Å². The summed E-state index contributed by atoms with van der Waals surface area (Å²) in [6.07, 6.45) is 11.1. The Hall–Kier alpha value is -1.22. The number of hydrogen-bond acceptors (Lipinski definition) is 0. The van der Waals surface area contributed by atoms with Gasteiger partial charge in [0, 0.05) is 37.1 Å². The zero-order valence-corrected chi connectivity index (χ0v) is 13.3. The molecule has 3 heteroatoms. The van der Waals surface area contributed by atoms with Gasteiger partial charge in [-0.25, -0.2) is 9.13 Å². The molecule has 0 aliphatic carbocycles. The van der Waals surface area contributed by atoms with Gasteiger partial charge in [0.15, 0.2) is 24.8 Å². The Morgan fingerprint density at radius 3 is 1.32 bits per heavy atom. The van der Waals surface area contributed by atoms with Crippen molar-refractivity contribution in [3.63, 3.8) is 0 Å². The number of rotatable bonds is 5. The van der Waals surface area contributed by atoms with Crippen molar-refractivity contribution in [2.24, 2.45) is 0 Å². The minimum atomic E-state index is 0. The maximum Gasteiger partial charge on any atom is 0.169 e. The number of aryl methyl sites for hydroxylation is 4. The van der Waals surface area contributed by atoms with Crippen molar-refractivity contribution < 1.29 is 26.1 Å². The van der Waals surface area contributed by atoms with E-state index in [0.717, 1.165) is 13.1 Å². The molecule has 0 aliphatic heterocycles. The largest absolute Gasteiger partial charge is 1.00 e. The van der Waals surface area contributed by atoms with Crippen LogP contribution >= 0.6 is 0 Å². The molecule has 0 saturated carbocycles. The van der Waals surface area contributed by atoms with E-state index in [9.17, 15) is 0 Å². The second kappa shape index (κ2) is 8.05. The van der Waals surface area contributed by atoms with Gasteiger partial charge in [-0.1, -0.05) is 0 Å². The van der Waals surface area contributed by atoms with Crippen molar-refractivity contribution in [3.05, 3.63) is 60.2 Å². The molecule has 0 atom stereocenters. The Labute approximate surface area is 126 Å². The van der Waals surface area contributed by atoms with Crippen LogP contribution in [0.15, 0.2) is 49.1 Å². The fourth-order valence-electron chi connectivity index (χ4n) is 1.95. The zero-order chi connectivity index (χ0) is 12.8. The Balaban J connectivity index is 0.00000180. The maximum atomic E-state index is 2.26. The van der Waals surface area contributed by atoms with Gasteiger partial charge in [-0.15, -0.1) is 0 Å². The standard InChI is InChI=1S/C16H22N2.BrH/c1-15-5-11-17(12-6-15)9-3-4-10-18-13-7-16(2)8-14-18;/h5-8,11-14H,3-4,9-10H2,1-2H3;1H/q+2;/p-1. The van der Waals surface area contributed by atoms with Crippen molar-refractivity contribution in [2.45, 2.75) is 39.8 Å². The Kier molecular flexibility index (Phi) is 6.71. The van der Waals surface area contributed by atoms with E-state index in [0.29, 0.717) is 0 Å². The van der Waals surface area contributed by atoms with E-state index in [-0.39, 0.29) is 17.0 Å². The number of hydrogen-bond donors (Lipinski definition) is 0. The zero-order valence-electron chi connectivity index (χ0n) is 11.7. The number of unbranched alkanes of at least 4 members (excludes halogenated alkanes) is 1. The fourth-order valence-corrected chi connectivity index (χ4v) is 1.95. The maximum absolute atomic E-state index is 2.26. The summed E-state index contributed by atoms with van der Waals surface area (Å²) in [7, 11) is 0. The lowest BCUT2D eigenvalue weighted by Gasteiger charge is -1.98. The number of aromatic nitrogens is 2. The lowest BCUT2D eigenvalue weighted by molar-refractivity contribution is -0.708. The fraction of sp³-hybridized carbons (Fsp3) is 0.375. The van der Waals surface area contributed by atoms with E-state index in [4.69, 9.17) is 0 Å². The molecule has 0 aliphatic rings. The highest BCUT2D eigenvalue weighted by Gasteiger charge is 2.02. The van der Waals surface area contributed by atoms with E-state index < -0.39 is 0 Å². The van der Waals surface area contributed by atoms with E-state index in [1.807, 2.05) is 0 Å². The summed E-state index contributed by atoms with van der Waals surface area (Å²) in [6.45, 7) is 6.45. The average Bonchev–Trinajstić information content (AvgIpc) is 2.39. The van der Waals surface area contributed by atoms with Gasteiger partial charge in [0.2, 0.25) is 0 Å². The first-order valence-electron chi connectivity index (χ1n) is 6.65. The van der Waals surface area contributed by atoms with E-state index in [1.165, 1.54) is 24.0 Å². The summed E-state index contributed by atoms with van der Waals surface area (Å²) in [5, 5.41) is 0. The highest BCUT2D eigenvalue weighted by molar-refractivity contribution is 5.03. The summed E-state index contributed by atoms with van der Waals surface area (Å²) < 4.78 is 4.51. The molecule has 2 aromatic rings. The van der Waals surface area contributed by atoms with Crippen molar-refractivity contribution in [1.82, 2.24) is 0 Å². The van der Waals surface area contributed by atoms with Crippen LogP contribution in [0.4, 0.5) is 0 Å². The van der Waals surface area contributed by atoms with Gasteiger partial charge < -0.3 is 17.0 Å². The highest BCUT2D eigenvalue weighted by Crippen LogP contribution is 1.94. The van der Waals surface area contributed by atoms with E-state index in [1.54, 1.807) is 0 Å². The topological polar surface area (TPSA) is 7.76 Å². The van der Waals surface area contributed by atoms with Crippen LogP contribution < -0.4 is 26.1 Å². The van der Waals surface area contributed by atoms with Gasteiger partial charge in [0.25, 0.3) is 0 Å². The molecule has 0 fully saturated rings. The van der Waals surface area contributed by atoms with Crippen molar-refractivity contribution in [2.75, 3.05) is 0 Å². The first kappa shape index (κ1) is 15.8. The predicted octanol–water partition coefficient (Wildman–Crippen LogP) is -0.637. The second-order valence-corrected chi connectivity index (χ2v) is 4.93. The van der Waals surface area contributed by atoms with Crippen LogP contribution in [-0.4, -0.2) is 0 Å². The molecule has 0 spiro atoms. The summed E-state index contributed by atoms with van der Waals surface area (Å²) in [6, 6.07) is 8.65. The SMILES string of the molecule is Cc1cc[n+](CCCC[n+]2ccc(C)cc2)cc1.[Br-]. The Morgan fingerprint density at radius 2 is 1.00 bits per heavy atom. The monoisotopic (exact) mass is 321 g/mol. The van der Waals surface area contributed by atoms with Gasteiger partial charge in [-0.05, 0) is 25.0 Å². The van der Waals surface area contributed by atoms with Crippen molar-refractivity contribution in [1.29, 1.82) is 0 Å². The molecule has 0 aromatic carbocycles. The molecule has 2 nitrogen and oxygen atoms in total. The minimum Gasteiger partial charge on any atom is -1.00 e. The lowest BCUT2D eigenvalue weighted by Crippen LogP contribution is -3.00. The second-order valence-electron chi connectivity index (χ2n) is 4.93. The smallest absolute Gasteiger partial charge is 0.169 e. The molecular weight excluding hydrogens is 300 g/mol. The molecule has 19 heavy (non-hydrogen) atoms. The van der Waals surface area contributed by atoms with Crippen LogP contribution in [-0.2, 0) is 13.1 Å². The number of pyridine rings is 2.